The standard InChI is InChI=1S/C12H17N3O4S/c1-14(11-3-2-8-13-9-11)20(18,19)12-6-4-10(5-7-12)15(16)17/h4-7,11,13H,2-3,8-9H2,1H3. The predicted molar refractivity (Wildman–Crippen MR) is 73.9 cm³/mol. The van der Waals surface area contributed by atoms with E-state index < -0.39 is 14.9 Å². The molecule has 1 N–H and O–H groups in total. The molecule has 0 aromatic heterocycles. The molecule has 1 aromatic rings. The molecule has 1 aliphatic heterocycles. The molecule has 2 rings (SSSR count). The van der Waals surface area contributed by atoms with Crippen LogP contribution in [-0.4, -0.2) is 43.8 Å². The molecule has 1 saturated heterocycles. The van der Waals surface area contributed by atoms with E-state index >= 15 is 0 Å². The van der Waals surface area contributed by atoms with Crippen molar-refractivity contribution in [3.05, 3.63) is 34.4 Å². The van der Waals surface area contributed by atoms with Crippen LogP contribution in [0.2, 0.25) is 0 Å². The van der Waals surface area contributed by atoms with Gasteiger partial charge in [-0.05, 0) is 31.5 Å². The zero-order valence-electron chi connectivity index (χ0n) is 11.2. The van der Waals surface area contributed by atoms with E-state index in [0.717, 1.165) is 19.4 Å². The van der Waals surface area contributed by atoms with Gasteiger partial charge < -0.3 is 5.32 Å². The van der Waals surface area contributed by atoms with Crippen LogP contribution < -0.4 is 5.32 Å². The van der Waals surface area contributed by atoms with Crippen molar-refractivity contribution in [3.8, 4) is 0 Å². The minimum atomic E-state index is -3.61. The van der Waals surface area contributed by atoms with Crippen LogP contribution in [0.3, 0.4) is 0 Å². The number of benzene rings is 1. The van der Waals surface area contributed by atoms with Crippen LogP contribution in [0, 0.1) is 10.1 Å². The van der Waals surface area contributed by atoms with Crippen molar-refractivity contribution in [2.24, 2.45) is 0 Å². The van der Waals surface area contributed by atoms with E-state index in [4.69, 9.17) is 0 Å². The Labute approximate surface area is 117 Å². The Morgan fingerprint density at radius 2 is 2.00 bits per heavy atom. The summed E-state index contributed by atoms with van der Waals surface area (Å²) in [4.78, 5) is 10.1. The van der Waals surface area contributed by atoms with Gasteiger partial charge in [0.2, 0.25) is 10.0 Å². The lowest BCUT2D eigenvalue weighted by atomic mass is 10.1. The number of non-ortho nitro benzene ring substituents is 1. The number of likely N-dealkylation sites (N-methyl/N-ethyl adjacent to an activating group) is 1. The molecule has 0 amide bonds. The number of nitro benzene ring substituents is 1. The summed E-state index contributed by atoms with van der Waals surface area (Å²) < 4.78 is 26.2. The molecular formula is C12H17N3O4S. The lowest BCUT2D eigenvalue weighted by Crippen LogP contribution is -2.46. The highest BCUT2D eigenvalue weighted by molar-refractivity contribution is 7.89. The average Bonchev–Trinajstić information content (AvgIpc) is 2.47. The van der Waals surface area contributed by atoms with E-state index in [0.29, 0.717) is 6.54 Å². The Kier molecular flexibility index (Phi) is 4.36. The van der Waals surface area contributed by atoms with E-state index in [1.54, 1.807) is 7.05 Å². The maximum absolute atomic E-state index is 12.4. The number of nitrogens with one attached hydrogen (secondary N) is 1. The minimum Gasteiger partial charge on any atom is -0.315 e. The van der Waals surface area contributed by atoms with Gasteiger partial charge in [-0.1, -0.05) is 0 Å². The van der Waals surface area contributed by atoms with Crippen LogP contribution in [0.5, 0.6) is 0 Å². The van der Waals surface area contributed by atoms with Crippen LogP contribution in [0.1, 0.15) is 12.8 Å². The number of hydrogen-bond donors (Lipinski definition) is 1. The number of rotatable bonds is 4. The molecule has 0 saturated carbocycles. The van der Waals surface area contributed by atoms with Gasteiger partial charge in [-0.25, -0.2) is 8.42 Å². The van der Waals surface area contributed by atoms with Crippen molar-refractivity contribution in [1.82, 2.24) is 9.62 Å². The van der Waals surface area contributed by atoms with Crippen molar-refractivity contribution < 1.29 is 13.3 Å². The molecule has 8 heteroatoms. The fourth-order valence-electron chi connectivity index (χ4n) is 2.25. The monoisotopic (exact) mass is 299 g/mol. The van der Waals surface area contributed by atoms with E-state index in [-0.39, 0.29) is 16.6 Å². The summed E-state index contributed by atoms with van der Waals surface area (Å²) in [7, 11) is -2.06. The Hall–Kier alpha value is -1.51. The average molecular weight is 299 g/mol. The molecule has 0 spiro atoms. The smallest absolute Gasteiger partial charge is 0.269 e. The normalized spacial score (nSPS) is 20.0. The largest absolute Gasteiger partial charge is 0.315 e. The molecule has 20 heavy (non-hydrogen) atoms. The summed E-state index contributed by atoms with van der Waals surface area (Å²) in [5, 5.41) is 13.7. The van der Waals surface area contributed by atoms with Gasteiger partial charge in [-0.15, -0.1) is 0 Å². The van der Waals surface area contributed by atoms with Gasteiger partial charge in [0.05, 0.1) is 9.82 Å². The Bertz CT molecular complexity index is 579. The quantitative estimate of drug-likeness (QED) is 0.660. The molecule has 0 radical (unpaired) electrons. The second-order valence-corrected chi connectivity index (χ2v) is 6.77. The molecule has 1 heterocycles. The molecule has 1 aromatic carbocycles. The van der Waals surface area contributed by atoms with Crippen LogP contribution in [0.4, 0.5) is 5.69 Å². The molecular weight excluding hydrogens is 282 g/mol. The summed E-state index contributed by atoms with van der Waals surface area (Å²) in [5.41, 5.74) is -0.120. The summed E-state index contributed by atoms with van der Waals surface area (Å²) in [6, 6.07) is 4.89. The highest BCUT2D eigenvalue weighted by Gasteiger charge is 2.29. The Morgan fingerprint density at radius 3 is 2.50 bits per heavy atom. The van der Waals surface area contributed by atoms with Gasteiger partial charge in [0.15, 0.2) is 0 Å². The van der Waals surface area contributed by atoms with Crippen molar-refractivity contribution in [2.45, 2.75) is 23.8 Å². The maximum atomic E-state index is 12.4. The third-order valence-corrected chi connectivity index (χ3v) is 5.43. The number of piperidine rings is 1. The summed E-state index contributed by atoms with van der Waals surface area (Å²) in [6.07, 6.45) is 1.75. The Balaban J connectivity index is 2.22. The number of hydrogen-bond acceptors (Lipinski definition) is 5. The molecule has 1 aliphatic rings. The zero-order valence-corrected chi connectivity index (χ0v) is 12.0. The van der Waals surface area contributed by atoms with E-state index in [2.05, 4.69) is 5.32 Å². The summed E-state index contributed by atoms with van der Waals surface area (Å²) >= 11 is 0. The zero-order chi connectivity index (χ0) is 14.8. The molecule has 110 valence electrons. The summed E-state index contributed by atoms with van der Waals surface area (Å²) in [5.74, 6) is 0. The summed E-state index contributed by atoms with van der Waals surface area (Å²) in [6.45, 7) is 1.53. The third-order valence-electron chi connectivity index (χ3n) is 3.51. The second-order valence-electron chi connectivity index (χ2n) is 4.77. The van der Waals surface area contributed by atoms with Crippen molar-refractivity contribution in [2.75, 3.05) is 20.1 Å². The van der Waals surface area contributed by atoms with Gasteiger partial charge in [0.1, 0.15) is 0 Å². The first-order valence-corrected chi connectivity index (χ1v) is 7.80. The van der Waals surface area contributed by atoms with Crippen molar-refractivity contribution >= 4 is 15.7 Å². The molecule has 1 atom stereocenters. The number of nitro groups is 1. The molecule has 0 aliphatic carbocycles. The fourth-order valence-corrected chi connectivity index (χ4v) is 3.63. The van der Waals surface area contributed by atoms with E-state index in [1.165, 1.54) is 28.6 Å². The third kappa shape index (κ3) is 2.97. The highest BCUT2D eigenvalue weighted by Crippen LogP contribution is 2.22. The Morgan fingerprint density at radius 1 is 1.35 bits per heavy atom. The van der Waals surface area contributed by atoms with Gasteiger partial charge >= 0.3 is 0 Å². The molecule has 7 nitrogen and oxygen atoms in total. The van der Waals surface area contributed by atoms with Crippen LogP contribution in [0.15, 0.2) is 29.2 Å². The first-order valence-electron chi connectivity index (χ1n) is 6.36. The van der Waals surface area contributed by atoms with E-state index in [1.807, 2.05) is 0 Å². The first-order chi connectivity index (χ1) is 9.43. The van der Waals surface area contributed by atoms with Gasteiger partial charge in [-0.2, -0.15) is 4.31 Å². The lowest BCUT2D eigenvalue weighted by Gasteiger charge is -2.30. The second kappa shape index (κ2) is 5.86. The van der Waals surface area contributed by atoms with Crippen LogP contribution >= 0.6 is 0 Å². The maximum Gasteiger partial charge on any atom is 0.269 e. The minimum absolute atomic E-state index is 0.0797. The SMILES string of the molecule is CN(C1CCCNC1)S(=O)(=O)c1ccc([N+](=O)[O-])cc1. The molecule has 1 fully saturated rings. The fraction of sp³-hybridized carbons (Fsp3) is 0.500. The topological polar surface area (TPSA) is 92.6 Å². The van der Waals surface area contributed by atoms with Crippen LogP contribution in [0.25, 0.3) is 0 Å². The van der Waals surface area contributed by atoms with E-state index in [9.17, 15) is 18.5 Å². The molecule has 0 bridgehead atoms. The van der Waals surface area contributed by atoms with Gasteiger partial charge in [-0.3, -0.25) is 10.1 Å². The number of nitrogens with zero attached hydrogens (tertiary/aromatic N) is 2. The molecule has 1 unspecified atom stereocenters. The number of sulfonamides is 1. The van der Waals surface area contributed by atoms with Crippen molar-refractivity contribution in [3.63, 3.8) is 0 Å². The van der Waals surface area contributed by atoms with Gasteiger partial charge in [0.25, 0.3) is 5.69 Å². The first kappa shape index (κ1) is 14.9. The lowest BCUT2D eigenvalue weighted by molar-refractivity contribution is -0.384. The van der Waals surface area contributed by atoms with Crippen molar-refractivity contribution in [1.29, 1.82) is 0 Å². The van der Waals surface area contributed by atoms with Crippen LogP contribution in [-0.2, 0) is 10.0 Å². The predicted octanol–water partition coefficient (Wildman–Crippen LogP) is 0.967. The van der Waals surface area contributed by atoms with Gasteiger partial charge in [0, 0.05) is 31.8 Å². The highest BCUT2D eigenvalue weighted by atomic mass is 32.2.